The molecule has 20 rings (SSSR count). The average Bonchev–Trinajstić information content (AvgIpc) is 1.61. The van der Waals surface area contributed by atoms with Crippen molar-refractivity contribution in [3.05, 3.63) is 215 Å². The van der Waals surface area contributed by atoms with Gasteiger partial charge in [-0.15, -0.1) is 40.8 Å². The molecule has 4 fully saturated rings. The molecule has 26 nitrogen and oxygen atoms in total. The maximum absolute atomic E-state index is 6.94. The monoisotopic (exact) mass is 1660 g/mol. The zero-order valence-corrected chi connectivity index (χ0v) is 69.7. The van der Waals surface area contributed by atoms with Gasteiger partial charge in [0.1, 0.15) is 45.6 Å². The van der Waals surface area contributed by atoms with Crippen molar-refractivity contribution < 1.29 is 9.47 Å². The molecule has 4 aliphatic heterocycles. The van der Waals surface area contributed by atoms with E-state index in [0.717, 1.165) is 192 Å². The summed E-state index contributed by atoms with van der Waals surface area (Å²) in [7, 11) is 11.6. The Bertz CT molecular complexity index is 5770. The second-order valence-electron chi connectivity index (χ2n) is 30.4. The number of rotatable bonds is 20. The highest BCUT2D eigenvalue weighted by Gasteiger charge is 2.31. The second-order valence-corrected chi connectivity index (χ2v) is 31.9. The lowest BCUT2D eigenvalue weighted by Gasteiger charge is -2.15. The number of fused-ring (bicyclic) bond motifs is 4. The maximum Gasteiger partial charge on any atom is 0.182 e. The fraction of sp³-hybridized carbons (Fsp3) is 0.318. The Hall–Kier alpha value is -10.9. The van der Waals surface area contributed by atoms with Gasteiger partial charge >= 0.3 is 0 Å². The van der Waals surface area contributed by atoms with Gasteiger partial charge in [0, 0.05) is 141 Å². The van der Waals surface area contributed by atoms with Gasteiger partial charge in [-0.1, -0.05) is 168 Å². The standard InChI is InChI=1S/2C23H25ClN6O.2C21H21ClN6/c2*1-28-11-6-9-18(28)22-19-20(24)21(16-7-4-3-5-8-16)25-26-23(19)30(27-22)14-13-29-12-10-17(15-29)31-2;2*1-27-12-6-10-16(27)20-17-18(22)19(14-7-3-2-4-8-14)24-25-21(17)28(26-20)13-15-9-5-11-23-15/h2*3-9,11,17H,10,12-15H2,1-2H3;2*2-4,6-8,10,12,15,23H,5,9,11,13H2,1H3/t2*17-;2*15-/m1010/s1. The highest BCUT2D eigenvalue weighted by Crippen LogP contribution is 2.43. The van der Waals surface area contributed by atoms with E-state index < -0.39 is 0 Å². The molecule has 0 amide bonds. The topological polar surface area (TPSA) is 243 Å². The molecule has 2 N–H and O–H groups in total. The minimum atomic E-state index is 0.316. The molecule has 0 aliphatic carbocycles. The van der Waals surface area contributed by atoms with Crippen LogP contribution >= 0.6 is 46.4 Å². The number of nitrogens with one attached hydrogen (secondary N) is 2. The largest absolute Gasteiger partial charge is 0.380 e. The van der Waals surface area contributed by atoms with Crippen molar-refractivity contribution >= 4 is 90.5 Å². The van der Waals surface area contributed by atoms with Crippen LogP contribution in [0, 0.1) is 0 Å². The summed E-state index contributed by atoms with van der Waals surface area (Å²) in [5.74, 6) is 0. The molecule has 12 aromatic heterocycles. The quantitative estimate of drug-likeness (QED) is 0.0720. The normalized spacial score (nSPS) is 17.0. The fourth-order valence-electron chi connectivity index (χ4n) is 16.4. The van der Waals surface area contributed by atoms with E-state index in [9.17, 15) is 0 Å². The molecule has 4 aromatic carbocycles. The lowest BCUT2D eigenvalue weighted by Crippen LogP contribution is -2.27. The summed E-state index contributed by atoms with van der Waals surface area (Å²) in [6, 6.07) is 56.7. The predicted octanol–water partition coefficient (Wildman–Crippen LogP) is 15.6. The molecular formula is C88H92Cl4N24O2. The Kier molecular flexibility index (Phi) is 24.1. The van der Waals surface area contributed by atoms with E-state index in [2.05, 4.69) is 104 Å². The SMILES string of the molecule is CO[C@@H]1CCN(CCn2nc(-c3cccn3C)c3c(Cl)c(-c4ccccc4)nnc32)C1.CO[C@H]1CCN(CCn2nc(-c3cccn3C)c3c(Cl)c(-c4ccccc4)nnc32)C1.Cn1cccc1-c1nn(C[C@@H]2CCCN2)c2nnc(-c3ccccc3)c(Cl)c12.Cn1cccc1-c1nn(C[C@H]2CCCN2)c2nnc(-c3ccccc3)c(Cl)c12. The van der Waals surface area contributed by atoms with Gasteiger partial charge in [-0.25, -0.2) is 18.7 Å². The molecule has 0 unspecified atom stereocenters. The van der Waals surface area contributed by atoms with Gasteiger partial charge in [-0.05, 0) is 100 Å². The molecular weight excluding hydrogens is 1570 g/mol. The summed E-state index contributed by atoms with van der Waals surface area (Å²) in [4.78, 5) is 4.80. The van der Waals surface area contributed by atoms with Crippen LogP contribution in [0.3, 0.4) is 0 Å². The van der Waals surface area contributed by atoms with Crippen LogP contribution in [-0.4, -0.2) is 199 Å². The second kappa shape index (κ2) is 35.7. The van der Waals surface area contributed by atoms with Gasteiger partial charge in [0.2, 0.25) is 0 Å². The fourth-order valence-corrected chi connectivity index (χ4v) is 17.7. The van der Waals surface area contributed by atoms with E-state index in [1.807, 2.05) is 217 Å². The average molecular weight is 1660 g/mol. The van der Waals surface area contributed by atoms with Crippen LogP contribution in [0.5, 0.6) is 0 Å². The minimum absolute atomic E-state index is 0.316. The first-order chi connectivity index (χ1) is 57.7. The third-order valence-corrected chi connectivity index (χ3v) is 24.3. The van der Waals surface area contributed by atoms with Crippen molar-refractivity contribution in [1.82, 2.24) is 119 Å². The van der Waals surface area contributed by atoms with Gasteiger partial charge in [0.25, 0.3) is 0 Å². The van der Waals surface area contributed by atoms with E-state index in [1.54, 1.807) is 14.2 Å². The number of aryl methyl sites for hydroxylation is 4. The molecule has 0 spiro atoms. The lowest BCUT2D eigenvalue weighted by atomic mass is 10.1. The van der Waals surface area contributed by atoms with Crippen LogP contribution in [0.4, 0.5) is 0 Å². The first-order valence-electron chi connectivity index (χ1n) is 40.1. The third kappa shape index (κ3) is 16.5. The van der Waals surface area contributed by atoms with Gasteiger partial charge < -0.3 is 38.4 Å². The molecule has 16 aromatic rings. The number of aromatic nitrogens is 20. The number of ether oxygens (including phenoxy) is 2. The summed E-state index contributed by atoms with van der Waals surface area (Å²) in [6.07, 6.45) is 15.5. The van der Waals surface area contributed by atoms with Crippen LogP contribution in [-0.2, 0) is 63.8 Å². The van der Waals surface area contributed by atoms with Gasteiger partial charge in [-0.2, -0.15) is 20.4 Å². The first-order valence-corrected chi connectivity index (χ1v) is 41.6. The maximum atomic E-state index is 6.94. The summed E-state index contributed by atoms with van der Waals surface area (Å²) < 4.78 is 27.0. The Morgan fingerprint density at radius 1 is 0.331 bits per heavy atom. The molecule has 4 saturated heterocycles. The number of likely N-dealkylation sites (tertiary alicyclic amines) is 2. The van der Waals surface area contributed by atoms with E-state index in [1.165, 1.54) is 12.8 Å². The van der Waals surface area contributed by atoms with Crippen molar-refractivity contribution in [2.24, 2.45) is 28.2 Å². The molecule has 30 heteroatoms. The van der Waals surface area contributed by atoms with Crippen LogP contribution < -0.4 is 10.6 Å². The van der Waals surface area contributed by atoms with Crippen molar-refractivity contribution in [3.8, 4) is 90.6 Å². The zero-order chi connectivity index (χ0) is 80.9. The van der Waals surface area contributed by atoms with Crippen LogP contribution in [0.2, 0.25) is 20.1 Å². The van der Waals surface area contributed by atoms with Crippen molar-refractivity contribution in [3.63, 3.8) is 0 Å². The number of nitrogens with zero attached hydrogens (tertiary/aromatic N) is 22. The van der Waals surface area contributed by atoms with Crippen LogP contribution in [0.15, 0.2) is 195 Å². The third-order valence-electron chi connectivity index (χ3n) is 22.8. The van der Waals surface area contributed by atoms with E-state index in [4.69, 9.17) is 76.3 Å². The summed E-state index contributed by atoms with van der Waals surface area (Å²) in [5, 5.41) is 68.6. The first kappa shape index (κ1) is 79.6. The molecule has 4 atom stereocenters. The van der Waals surface area contributed by atoms with Crippen molar-refractivity contribution in [1.29, 1.82) is 0 Å². The number of benzene rings is 4. The Morgan fingerprint density at radius 3 is 0.856 bits per heavy atom. The highest BCUT2D eigenvalue weighted by molar-refractivity contribution is 6.40. The Labute approximate surface area is 703 Å². The van der Waals surface area contributed by atoms with Gasteiger partial charge in [0.15, 0.2) is 22.6 Å². The number of hydrogen-bond acceptors (Lipinski definition) is 18. The smallest absolute Gasteiger partial charge is 0.182 e. The molecule has 16 heterocycles. The molecule has 4 aliphatic rings. The number of halogens is 4. The molecule has 0 radical (unpaired) electrons. The highest BCUT2D eigenvalue weighted by atomic mass is 35.5. The minimum Gasteiger partial charge on any atom is -0.380 e. The number of methoxy groups -OCH3 is 2. The van der Waals surface area contributed by atoms with Crippen molar-refractivity contribution in [2.75, 3.05) is 66.6 Å². The van der Waals surface area contributed by atoms with E-state index in [-0.39, 0.29) is 0 Å². The van der Waals surface area contributed by atoms with Crippen molar-refractivity contribution in [2.45, 2.75) is 89.0 Å². The van der Waals surface area contributed by atoms with E-state index >= 15 is 0 Å². The summed E-state index contributed by atoms with van der Waals surface area (Å²) >= 11 is 27.7. The molecule has 0 bridgehead atoms. The Balaban J connectivity index is 0.000000113. The Morgan fingerprint density at radius 2 is 0.610 bits per heavy atom. The molecule has 604 valence electrons. The van der Waals surface area contributed by atoms with Crippen LogP contribution in [0.25, 0.3) is 135 Å². The predicted molar refractivity (Wildman–Crippen MR) is 466 cm³/mol. The van der Waals surface area contributed by atoms with Gasteiger partial charge in [-0.3, -0.25) is 9.80 Å². The summed E-state index contributed by atoms with van der Waals surface area (Å²) in [5.41, 5.74) is 16.7. The number of hydrogen-bond donors (Lipinski definition) is 2. The van der Waals surface area contributed by atoms with E-state index in [0.29, 0.717) is 91.5 Å². The molecule has 118 heavy (non-hydrogen) atoms. The molecule has 0 saturated carbocycles. The zero-order valence-electron chi connectivity index (χ0n) is 66.7. The lowest BCUT2D eigenvalue weighted by molar-refractivity contribution is 0.107. The summed E-state index contributed by atoms with van der Waals surface area (Å²) in [6.45, 7) is 10.8. The van der Waals surface area contributed by atoms with Gasteiger partial charge in [0.05, 0.1) is 103 Å². The van der Waals surface area contributed by atoms with Crippen LogP contribution in [0.1, 0.15) is 38.5 Å².